The molecule has 0 radical (unpaired) electrons. The van der Waals surface area contributed by atoms with E-state index in [0.29, 0.717) is 16.5 Å². The molecule has 0 saturated heterocycles. The summed E-state index contributed by atoms with van der Waals surface area (Å²) in [4.78, 5) is 24.3. The smallest absolute Gasteiger partial charge is 0.331 e. The van der Waals surface area contributed by atoms with Gasteiger partial charge in [0.05, 0.1) is 13.5 Å². The van der Waals surface area contributed by atoms with Gasteiger partial charge in [-0.15, -0.1) is 0 Å². The second kappa shape index (κ2) is 9.00. The summed E-state index contributed by atoms with van der Waals surface area (Å²) in [7, 11) is 1.22. The fourth-order valence-corrected chi connectivity index (χ4v) is 3.05. The highest BCUT2D eigenvalue weighted by atomic mass is 16.6. The zero-order valence-corrected chi connectivity index (χ0v) is 16.1. The highest BCUT2D eigenvalue weighted by molar-refractivity contribution is 5.91. The summed E-state index contributed by atoms with van der Waals surface area (Å²) in [6, 6.07) is 14.5. The van der Waals surface area contributed by atoms with E-state index in [4.69, 9.17) is 9.47 Å². The van der Waals surface area contributed by atoms with Crippen LogP contribution in [0.3, 0.4) is 0 Å². The van der Waals surface area contributed by atoms with Gasteiger partial charge in [-0.25, -0.2) is 4.79 Å². The molecule has 0 fully saturated rings. The van der Waals surface area contributed by atoms with Crippen molar-refractivity contribution >= 4 is 28.8 Å². The lowest BCUT2D eigenvalue weighted by Crippen LogP contribution is -2.15. The molecule has 3 aromatic rings. The van der Waals surface area contributed by atoms with E-state index in [9.17, 15) is 24.9 Å². The number of fused-ring (bicyclic) bond motifs is 1. The molecule has 3 aromatic carbocycles. The van der Waals surface area contributed by atoms with Crippen molar-refractivity contribution in [2.45, 2.75) is 12.5 Å². The zero-order chi connectivity index (χ0) is 21.7. The molecule has 1 unspecified atom stereocenters. The van der Waals surface area contributed by atoms with E-state index >= 15 is 0 Å². The summed E-state index contributed by atoms with van der Waals surface area (Å²) < 4.78 is 10.2. The van der Waals surface area contributed by atoms with Crippen molar-refractivity contribution < 1.29 is 34.4 Å². The second-order valence-electron chi connectivity index (χ2n) is 6.51. The summed E-state index contributed by atoms with van der Waals surface area (Å²) in [6.45, 7) is 0. The maximum Gasteiger partial charge on any atom is 0.331 e. The van der Waals surface area contributed by atoms with Gasteiger partial charge in [-0.1, -0.05) is 36.4 Å². The molecule has 1 atom stereocenters. The third-order valence-corrected chi connectivity index (χ3v) is 4.52. The van der Waals surface area contributed by atoms with Gasteiger partial charge < -0.3 is 24.8 Å². The normalized spacial score (nSPS) is 12.0. The lowest BCUT2D eigenvalue weighted by atomic mass is 9.97. The van der Waals surface area contributed by atoms with E-state index in [0.717, 1.165) is 11.5 Å². The topological polar surface area (TPSA) is 113 Å². The van der Waals surface area contributed by atoms with Gasteiger partial charge in [-0.05, 0) is 40.6 Å². The number of hydrogen-bond donors (Lipinski definition) is 3. The van der Waals surface area contributed by atoms with Crippen LogP contribution in [0.1, 0.15) is 23.7 Å². The first kappa shape index (κ1) is 20.7. The Labute approximate surface area is 172 Å². The van der Waals surface area contributed by atoms with E-state index in [-0.39, 0.29) is 23.7 Å². The molecule has 0 heterocycles. The molecule has 0 saturated carbocycles. The van der Waals surface area contributed by atoms with Crippen LogP contribution in [0.4, 0.5) is 0 Å². The first-order valence-electron chi connectivity index (χ1n) is 9.07. The second-order valence-corrected chi connectivity index (χ2v) is 6.51. The molecule has 3 rings (SSSR count). The van der Waals surface area contributed by atoms with Gasteiger partial charge in [0, 0.05) is 11.6 Å². The van der Waals surface area contributed by atoms with E-state index in [1.54, 1.807) is 18.2 Å². The Morgan fingerprint density at radius 2 is 1.70 bits per heavy atom. The number of hydrogen-bond acceptors (Lipinski definition) is 7. The Kier molecular flexibility index (Phi) is 6.22. The van der Waals surface area contributed by atoms with E-state index in [2.05, 4.69) is 0 Å². The number of rotatable bonds is 6. The van der Waals surface area contributed by atoms with Gasteiger partial charge in [0.25, 0.3) is 0 Å². The lowest BCUT2D eigenvalue weighted by Gasteiger charge is -2.19. The molecule has 0 aromatic heterocycles. The summed E-state index contributed by atoms with van der Waals surface area (Å²) in [5, 5.41) is 30.8. The maximum atomic E-state index is 12.4. The lowest BCUT2D eigenvalue weighted by molar-refractivity contribution is -0.150. The molecule has 0 spiro atoms. The van der Waals surface area contributed by atoms with Crippen molar-refractivity contribution in [3.05, 3.63) is 71.8 Å². The number of methoxy groups -OCH3 is 1. The molecule has 3 N–H and O–H groups in total. The fourth-order valence-electron chi connectivity index (χ4n) is 3.05. The van der Waals surface area contributed by atoms with Crippen LogP contribution in [0.25, 0.3) is 16.8 Å². The van der Waals surface area contributed by atoms with Crippen LogP contribution in [-0.4, -0.2) is 34.4 Å². The first-order chi connectivity index (χ1) is 14.4. The van der Waals surface area contributed by atoms with Crippen LogP contribution in [0, 0.1) is 0 Å². The third-order valence-electron chi connectivity index (χ3n) is 4.52. The summed E-state index contributed by atoms with van der Waals surface area (Å²) in [5.74, 6) is -2.08. The molecule has 0 bridgehead atoms. The van der Waals surface area contributed by atoms with Crippen LogP contribution in [0.2, 0.25) is 0 Å². The van der Waals surface area contributed by atoms with Crippen LogP contribution >= 0.6 is 0 Å². The van der Waals surface area contributed by atoms with Gasteiger partial charge >= 0.3 is 11.9 Å². The van der Waals surface area contributed by atoms with E-state index < -0.39 is 18.0 Å². The number of carbonyl (C=O) groups is 2. The number of carbonyl (C=O) groups excluding carboxylic acids is 2. The zero-order valence-electron chi connectivity index (χ0n) is 16.1. The summed E-state index contributed by atoms with van der Waals surface area (Å²) in [5.41, 5.74) is 0.766. The van der Waals surface area contributed by atoms with Gasteiger partial charge in [0.1, 0.15) is 11.9 Å². The van der Waals surface area contributed by atoms with Crippen molar-refractivity contribution in [2.24, 2.45) is 0 Å². The van der Waals surface area contributed by atoms with Crippen LogP contribution in [0.5, 0.6) is 17.2 Å². The number of phenolic OH excluding ortho intramolecular Hbond substituents is 3. The van der Waals surface area contributed by atoms with Crippen LogP contribution in [0.15, 0.2) is 60.7 Å². The van der Waals surface area contributed by atoms with Crippen molar-refractivity contribution in [1.82, 2.24) is 0 Å². The maximum absolute atomic E-state index is 12.4. The molecule has 0 aliphatic rings. The predicted octanol–water partition coefficient (Wildman–Crippen LogP) is 3.82. The minimum Gasteiger partial charge on any atom is -0.508 e. The SMILES string of the molecule is COC(=O)CC(OC(=O)/C=C/c1ccc(O)c(O)c1)c1c(O)ccc2ccccc12. The van der Waals surface area contributed by atoms with E-state index in [1.807, 2.05) is 12.1 Å². The molecule has 0 amide bonds. The van der Waals surface area contributed by atoms with Crippen LogP contribution < -0.4 is 0 Å². The Bertz CT molecular complexity index is 1120. The molecule has 154 valence electrons. The number of ether oxygens (including phenoxy) is 2. The molecule has 0 aliphatic heterocycles. The van der Waals surface area contributed by atoms with Crippen LogP contribution in [-0.2, 0) is 19.1 Å². The largest absolute Gasteiger partial charge is 0.508 e. The molecule has 7 heteroatoms. The molecular formula is C23H20O7. The average molecular weight is 408 g/mol. The Hall–Kier alpha value is -4.00. The van der Waals surface area contributed by atoms with Gasteiger partial charge in [-0.2, -0.15) is 0 Å². The Morgan fingerprint density at radius 3 is 2.43 bits per heavy atom. The quantitative estimate of drug-likeness (QED) is 0.323. The van der Waals surface area contributed by atoms with Crippen molar-refractivity contribution in [3.8, 4) is 17.2 Å². The van der Waals surface area contributed by atoms with Crippen molar-refractivity contribution in [1.29, 1.82) is 0 Å². The highest BCUT2D eigenvalue weighted by Gasteiger charge is 2.25. The Balaban J connectivity index is 1.90. The van der Waals surface area contributed by atoms with Gasteiger partial charge in [0.15, 0.2) is 11.5 Å². The number of esters is 2. The molecule has 0 aliphatic carbocycles. The highest BCUT2D eigenvalue weighted by Crippen LogP contribution is 2.36. The first-order valence-corrected chi connectivity index (χ1v) is 9.07. The monoisotopic (exact) mass is 408 g/mol. The number of benzene rings is 3. The minimum atomic E-state index is -1.08. The Morgan fingerprint density at radius 1 is 0.967 bits per heavy atom. The molecular weight excluding hydrogens is 388 g/mol. The molecule has 7 nitrogen and oxygen atoms in total. The minimum absolute atomic E-state index is 0.108. The van der Waals surface area contributed by atoms with Gasteiger partial charge in [-0.3, -0.25) is 4.79 Å². The van der Waals surface area contributed by atoms with Crippen molar-refractivity contribution in [2.75, 3.05) is 7.11 Å². The van der Waals surface area contributed by atoms with E-state index in [1.165, 1.54) is 37.5 Å². The standard InChI is InChI=1S/C23H20O7/c1-29-22(28)13-20(23-16-5-3-2-4-15(16)8-10-18(23)25)30-21(27)11-7-14-6-9-17(24)19(26)12-14/h2-12,20,24-26H,13H2,1H3/b11-7+. The number of aromatic hydroxyl groups is 3. The third kappa shape index (κ3) is 4.70. The number of phenols is 3. The fraction of sp³-hybridized carbons (Fsp3) is 0.130. The molecule has 30 heavy (non-hydrogen) atoms. The summed E-state index contributed by atoms with van der Waals surface area (Å²) in [6.07, 6.45) is 1.16. The average Bonchev–Trinajstić information content (AvgIpc) is 2.74. The van der Waals surface area contributed by atoms with Crippen molar-refractivity contribution in [3.63, 3.8) is 0 Å². The summed E-state index contributed by atoms with van der Waals surface area (Å²) >= 11 is 0. The van der Waals surface area contributed by atoms with Gasteiger partial charge in [0.2, 0.25) is 0 Å². The predicted molar refractivity (Wildman–Crippen MR) is 110 cm³/mol.